The Morgan fingerprint density at radius 2 is 2.00 bits per heavy atom. The molecule has 0 unspecified atom stereocenters. The van der Waals surface area contributed by atoms with Crippen LogP contribution in [0.3, 0.4) is 0 Å². The minimum absolute atomic E-state index is 0.508. The van der Waals surface area contributed by atoms with Gasteiger partial charge in [-0.05, 0) is 0 Å². The Kier molecular flexibility index (Phi) is 4.04. The van der Waals surface area contributed by atoms with Gasteiger partial charge in [-0.2, -0.15) is 0 Å². The molecule has 0 fully saturated rings. The molecule has 0 atom stereocenters. The van der Waals surface area contributed by atoms with Gasteiger partial charge in [0.15, 0.2) is 0 Å². The molecule has 1 aromatic heterocycles. The number of hydrogen-bond acceptors (Lipinski definition) is 7. The third kappa shape index (κ3) is 3.45. The monoisotopic (exact) mass is 317 g/mol. The van der Waals surface area contributed by atoms with Crippen LogP contribution in [0.4, 0.5) is 18.9 Å². The first-order valence-electron chi connectivity index (χ1n) is 4.47. The number of hydrogen-bond donors (Lipinski definition) is 1. The van der Waals surface area contributed by atoms with E-state index in [0.717, 1.165) is 7.11 Å². The maximum Gasteiger partial charge on any atom is 0.574 e. The molecule has 0 radical (unpaired) electrons. The minimum atomic E-state index is -5.31. The largest absolute Gasteiger partial charge is 0.574 e. The summed E-state index contributed by atoms with van der Waals surface area (Å²) in [5, 5.41) is 15.5. The smallest absolute Gasteiger partial charge is 0.489 e. The average molecular weight is 317 g/mol. The van der Waals surface area contributed by atoms with Crippen LogP contribution in [0.5, 0.6) is 11.6 Å². The lowest BCUT2D eigenvalue weighted by atomic mass is 10.4. The van der Waals surface area contributed by atoms with E-state index < -0.39 is 43.5 Å². The molecule has 9 nitrogen and oxygen atoms in total. The SMILES string of the molecule is COc1cnc(OC(F)(F)F)c(S(N)(=O)=O)c1[N+](=O)[O-]. The third-order valence-corrected chi connectivity index (χ3v) is 2.78. The highest BCUT2D eigenvalue weighted by Gasteiger charge is 2.40. The van der Waals surface area contributed by atoms with Crippen LogP contribution in [0.1, 0.15) is 0 Å². The van der Waals surface area contributed by atoms with E-state index in [1.807, 2.05) is 0 Å². The summed E-state index contributed by atoms with van der Waals surface area (Å²) in [6, 6.07) is 0. The third-order valence-electron chi connectivity index (χ3n) is 1.84. The average Bonchev–Trinajstić information content (AvgIpc) is 2.24. The van der Waals surface area contributed by atoms with Crippen molar-refractivity contribution in [3.05, 3.63) is 16.3 Å². The van der Waals surface area contributed by atoms with E-state index in [4.69, 9.17) is 0 Å². The van der Waals surface area contributed by atoms with E-state index in [-0.39, 0.29) is 0 Å². The molecule has 0 spiro atoms. The lowest BCUT2D eigenvalue weighted by Crippen LogP contribution is -2.23. The molecule has 13 heteroatoms. The second-order valence-corrected chi connectivity index (χ2v) is 4.66. The van der Waals surface area contributed by atoms with Gasteiger partial charge in [-0.1, -0.05) is 0 Å². The topological polar surface area (TPSA) is 135 Å². The van der Waals surface area contributed by atoms with Crippen molar-refractivity contribution >= 4 is 15.7 Å². The zero-order valence-electron chi connectivity index (χ0n) is 9.54. The zero-order chi connectivity index (χ0) is 15.7. The van der Waals surface area contributed by atoms with Crippen molar-refractivity contribution in [1.82, 2.24) is 4.98 Å². The van der Waals surface area contributed by atoms with E-state index in [2.05, 4.69) is 19.6 Å². The molecule has 0 saturated carbocycles. The molecule has 1 heterocycles. The lowest BCUT2D eigenvalue weighted by molar-refractivity contribution is -0.389. The molecule has 0 aliphatic rings. The highest BCUT2D eigenvalue weighted by atomic mass is 32.2. The first kappa shape index (κ1) is 15.9. The summed E-state index contributed by atoms with van der Waals surface area (Å²) < 4.78 is 66.7. The van der Waals surface area contributed by atoms with Crippen LogP contribution < -0.4 is 14.6 Å². The van der Waals surface area contributed by atoms with Crippen LogP contribution in [0.2, 0.25) is 0 Å². The summed E-state index contributed by atoms with van der Waals surface area (Å²) in [5.74, 6) is -2.25. The molecule has 1 rings (SSSR count). The Hall–Kier alpha value is -2.15. The molecule has 2 N–H and O–H groups in total. The highest BCUT2D eigenvalue weighted by Crippen LogP contribution is 2.39. The number of sulfonamides is 1. The summed E-state index contributed by atoms with van der Waals surface area (Å²) in [5.41, 5.74) is -1.30. The molecule has 112 valence electrons. The van der Waals surface area contributed by atoms with Gasteiger partial charge in [-0.3, -0.25) is 10.1 Å². The number of nitrogens with two attached hydrogens (primary N) is 1. The molecule has 0 aliphatic heterocycles. The van der Waals surface area contributed by atoms with E-state index in [9.17, 15) is 31.7 Å². The number of ether oxygens (including phenoxy) is 2. The zero-order valence-corrected chi connectivity index (χ0v) is 10.4. The highest BCUT2D eigenvalue weighted by molar-refractivity contribution is 7.89. The number of alkyl halides is 3. The number of nitro groups is 1. The van der Waals surface area contributed by atoms with Gasteiger partial charge in [0.2, 0.25) is 16.5 Å². The van der Waals surface area contributed by atoms with Gasteiger partial charge >= 0.3 is 12.0 Å². The summed E-state index contributed by atoms with van der Waals surface area (Å²) in [6.45, 7) is 0. The van der Waals surface area contributed by atoms with Gasteiger partial charge < -0.3 is 9.47 Å². The molecular weight excluding hydrogens is 311 g/mol. The molecule has 0 saturated heterocycles. The van der Waals surface area contributed by atoms with E-state index in [0.29, 0.717) is 6.20 Å². The maximum atomic E-state index is 12.1. The van der Waals surface area contributed by atoms with Gasteiger partial charge in [-0.15, -0.1) is 13.2 Å². The van der Waals surface area contributed by atoms with Crippen molar-refractivity contribution in [2.45, 2.75) is 11.3 Å². The Labute approximate surface area is 109 Å². The predicted octanol–water partition coefficient (Wildman–Crippen LogP) is 0.544. The van der Waals surface area contributed by atoms with Crippen LogP contribution in [0.25, 0.3) is 0 Å². The van der Waals surface area contributed by atoms with Crippen LogP contribution in [0.15, 0.2) is 11.1 Å². The Bertz CT molecular complexity index is 644. The molecule has 0 aromatic carbocycles. The number of aromatic nitrogens is 1. The molecule has 1 aromatic rings. The van der Waals surface area contributed by atoms with Crippen LogP contribution in [-0.2, 0) is 10.0 Å². The predicted molar refractivity (Wildman–Crippen MR) is 55.5 cm³/mol. The summed E-state index contributed by atoms with van der Waals surface area (Å²) in [7, 11) is -3.99. The normalized spacial score (nSPS) is 12.1. The fourth-order valence-electron chi connectivity index (χ4n) is 1.21. The number of pyridine rings is 1. The van der Waals surface area contributed by atoms with Crippen molar-refractivity contribution in [1.29, 1.82) is 0 Å². The molecule has 20 heavy (non-hydrogen) atoms. The molecule has 0 amide bonds. The number of halogens is 3. The molecule has 0 bridgehead atoms. The van der Waals surface area contributed by atoms with Gasteiger partial charge in [0.1, 0.15) is 0 Å². The van der Waals surface area contributed by atoms with Crippen molar-refractivity contribution < 1.29 is 36.0 Å². The Balaban J connectivity index is 3.72. The molecular formula is C7H6F3N3O6S. The van der Waals surface area contributed by atoms with E-state index in [1.54, 1.807) is 0 Å². The fourth-order valence-corrected chi connectivity index (χ4v) is 1.99. The van der Waals surface area contributed by atoms with Crippen molar-refractivity contribution in [2.24, 2.45) is 5.14 Å². The quantitative estimate of drug-likeness (QED) is 0.632. The van der Waals surface area contributed by atoms with Crippen LogP contribution in [-0.4, -0.2) is 31.8 Å². The number of rotatable bonds is 4. The standard InChI is InChI=1S/C7H6F3N3O6S/c1-18-3-2-12-6(19-7(8,9)10)5(20(11,16)17)4(3)13(14)15/h2H,1H3,(H2,11,16,17). The van der Waals surface area contributed by atoms with E-state index >= 15 is 0 Å². The van der Waals surface area contributed by atoms with E-state index in [1.165, 1.54) is 0 Å². The summed E-state index contributed by atoms with van der Waals surface area (Å²) in [4.78, 5) is 11.0. The molecule has 0 aliphatic carbocycles. The van der Waals surface area contributed by atoms with Gasteiger partial charge in [0.05, 0.1) is 18.2 Å². The summed E-state index contributed by atoms with van der Waals surface area (Å²) in [6.07, 6.45) is -4.80. The maximum absolute atomic E-state index is 12.1. The minimum Gasteiger partial charge on any atom is -0.489 e. The number of methoxy groups -OCH3 is 1. The van der Waals surface area contributed by atoms with Gasteiger partial charge in [0.25, 0.3) is 10.0 Å². The first-order valence-corrected chi connectivity index (χ1v) is 6.02. The van der Waals surface area contributed by atoms with Gasteiger partial charge in [0, 0.05) is 0 Å². The number of nitrogens with zero attached hydrogens (tertiary/aromatic N) is 2. The van der Waals surface area contributed by atoms with Crippen LogP contribution >= 0.6 is 0 Å². The van der Waals surface area contributed by atoms with Crippen molar-refractivity contribution in [2.75, 3.05) is 7.11 Å². The lowest BCUT2D eigenvalue weighted by Gasteiger charge is -2.12. The Morgan fingerprint density at radius 1 is 1.45 bits per heavy atom. The summed E-state index contributed by atoms with van der Waals surface area (Å²) >= 11 is 0. The van der Waals surface area contributed by atoms with Gasteiger partial charge in [-0.25, -0.2) is 18.5 Å². The van der Waals surface area contributed by atoms with Crippen molar-refractivity contribution in [3.8, 4) is 11.6 Å². The van der Waals surface area contributed by atoms with Crippen molar-refractivity contribution in [3.63, 3.8) is 0 Å². The Morgan fingerprint density at radius 3 is 2.35 bits per heavy atom. The van der Waals surface area contributed by atoms with Crippen LogP contribution in [0, 0.1) is 10.1 Å². The first-order chi connectivity index (χ1) is 8.97. The number of primary sulfonamides is 1. The second-order valence-electron chi connectivity index (χ2n) is 3.16. The fraction of sp³-hybridized carbons (Fsp3) is 0.286. The second kappa shape index (κ2) is 5.09.